The molecule has 3 rings (SSSR count). The number of alkyl halides is 2. The van der Waals surface area contributed by atoms with Crippen LogP contribution in [0.5, 0.6) is 11.5 Å². The fraction of sp³-hybridized carbons (Fsp3) is 0.111. The number of methoxy groups -OCH3 is 1. The Bertz CT molecular complexity index is 966. The summed E-state index contributed by atoms with van der Waals surface area (Å²) >= 11 is 6.07. The maximum absolute atomic E-state index is 12.6. The lowest BCUT2D eigenvalue weighted by Gasteiger charge is -2.13. The maximum Gasteiger partial charge on any atom is 0.387 e. The van der Waals surface area contributed by atoms with Crippen molar-refractivity contribution in [3.8, 4) is 11.5 Å². The van der Waals surface area contributed by atoms with E-state index in [-0.39, 0.29) is 22.7 Å². The summed E-state index contributed by atoms with van der Waals surface area (Å²) in [5.74, 6) is -0.545. The monoisotopic (exact) mass is 378 g/mol. The third-order valence-electron chi connectivity index (χ3n) is 3.55. The van der Waals surface area contributed by atoms with Crippen molar-refractivity contribution in [1.29, 1.82) is 0 Å². The van der Waals surface area contributed by atoms with Gasteiger partial charge in [0.1, 0.15) is 0 Å². The third-order valence-corrected chi connectivity index (χ3v) is 3.77. The van der Waals surface area contributed by atoms with Crippen LogP contribution in [-0.2, 0) is 0 Å². The molecule has 3 aromatic rings. The quantitative estimate of drug-likeness (QED) is 0.696. The second-order valence-electron chi connectivity index (χ2n) is 5.23. The topological polar surface area (TPSA) is 60.5 Å². The Kier molecular flexibility index (Phi) is 5.18. The molecular formula is C18H13ClF2N2O3. The average molecular weight is 379 g/mol. The van der Waals surface area contributed by atoms with Gasteiger partial charge in [0.15, 0.2) is 11.5 Å². The summed E-state index contributed by atoms with van der Waals surface area (Å²) in [5.41, 5.74) is 1.00. The summed E-state index contributed by atoms with van der Waals surface area (Å²) in [6.45, 7) is -3.02. The van der Waals surface area contributed by atoms with Gasteiger partial charge in [-0.05, 0) is 30.3 Å². The molecule has 0 atom stereocenters. The first-order chi connectivity index (χ1) is 12.5. The van der Waals surface area contributed by atoms with Gasteiger partial charge in [0.05, 0.1) is 18.2 Å². The van der Waals surface area contributed by atoms with E-state index in [1.165, 1.54) is 31.4 Å². The molecule has 0 saturated heterocycles. The molecule has 0 aliphatic heterocycles. The number of hydrogen-bond donors (Lipinski definition) is 1. The van der Waals surface area contributed by atoms with Crippen LogP contribution in [-0.4, -0.2) is 24.6 Å². The Balaban J connectivity index is 1.93. The number of halogens is 3. The molecule has 0 bridgehead atoms. The fourth-order valence-corrected chi connectivity index (χ4v) is 2.70. The molecule has 1 amide bonds. The van der Waals surface area contributed by atoms with Crippen LogP contribution in [0.25, 0.3) is 10.9 Å². The van der Waals surface area contributed by atoms with Crippen molar-refractivity contribution >= 4 is 34.1 Å². The molecule has 1 N–H and O–H groups in total. The van der Waals surface area contributed by atoms with Gasteiger partial charge in [-0.1, -0.05) is 17.7 Å². The highest BCUT2D eigenvalue weighted by molar-refractivity contribution is 6.32. The average Bonchev–Trinajstić information content (AvgIpc) is 2.60. The first-order valence-corrected chi connectivity index (χ1v) is 7.84. The van der Waals surface area contributed by atoms with Crippen molar-refractivity contribution in [3.05, 3.63) is 59.2 Å². The summed E-state index contributed by atoms with van der Waals surface area (Å²) in [6, 6.07) is 10.9. The number of fused-ring (bicyclic) bond motifs is 1. The van der Waals surface area contributed by atoms with Gasteiger partial charge in [0.25, 0.3) is 5.91 Å². The zero-order chi connectivity index (χ0) is 18.7. The largest absolute Gasteiger partial charge is 0.493 e. The molecule has 2 aromatic carbocycles. The van der Waals surface area contributed by atoms with Crippen molar-refractivity contribution in [2.45, 2.75) is 6.61 Å². The van der Waals surface area contributed by atoms with Gasteiger partial charge >= 0.3 is 6.61 Å². The second-order valence-corrected chi connectivity index (χ2v) is 5.66. The minimum Gasteiger partial charge on any atom is -0.493 e. The van der Waals surface area contributed by atoms with Gasteiger partial charge in [0, 0.05) is 28.4 Å². The highest BCUT2D eigenvalue weighted by Crippen LogP contribution is 2.32. The Morgan fingerprint density at radius 1 is 1.19 bits per heavy atom. The zero-order valence-electron chi connectivity index (χ0n) is 13.5. The molecule has 1 aromatic heterocycles. The molecule has 0 saturated carbocycles. The Labute approximate surface area is 152 Å². The number of ether oxygens (including phenoxy) is 2. The van der Waals surface area contributed by atoms with E-state index in [1.54, 1.807) is 24.4 Å². The fourth-order valence-electron chi connectivity index (χ4n) is 2.47. The van der Waals surface area contributed by atoms with Crippen LogP contribution in [0.1, 0.15) is 10.4 Å². The van der Waals surface area contributed by atoms with Crippen molar-refractivity contribution in [1.82, 2.24) is 4.98 Å². The van der Waals surface area contributed by atoms with Crippen molar-refractivity contribution in [2.24, 2.45) is 0 Å². The lowest BCUT2D eigenvalue weighted by molar-refractivity contribution is -0.0511. The Hall–Kier alpha value is -2.93. The van der Waals surface area contributed by atoms with E-state index in [0.717, 1.165) is 0 Å². The number of rotatable bonds is 5. The van der Waals surface area contributed by atoms with Crippen LogP contribution in [0, 0.1) is 0 Å². The number of hydrogen-bond acceptors (Lipinski definition) is 4. The SMILES string of the molecule is COc1ccc(NC(=O)c2cc(Cl)cc3cccnc23)cc1OC(F)F. The van der Waals surface area contributed by atoms with Crippen LogP contribution >= 0.6 is 11.6 Å². The Morgan fingerprint density at radius 2 is 2.00 bits per heavy atom. The molecule has 26 heavy (non-hydrogen) atoms. The number of anilines is 1. The summed E-state index contributed by atoms with van der Waals surface area (Å²) in [5, 5.41) is 3.72. The van der Waals surface area contributed by atoms with Crippen LogP contribution in [0.3, 0.4) is 0 Å². The van der Waals surface area contributed by atoms with Crippen LogP contribution in [0.15, 0.2) is 48.7 Å². The number of pyridine rings is 1. The lowest BCUT2D eigenvalue weighted by Crippen LogP contribution is -2.13. The molecule has 0 aliphatic carbocycles. The number of nitrogens with one attached hydrogen (secondary N) is 1. The van der Waals surface area contributed by atoms with Gasteiger partial charge in [-0.3, -0.25) is 9.78 Å². The summed E-state index contributed by atoms with van der Waals surface area (Å²) in [7, 11) is 1.33. The molecule has 0 unspecified atom stereocenters. The van der Waals surface area contributed by atoms with E-state index in [0.29, 0.717) is 15.9 Å². The number of benzene rings is 2. The van der Waals surface area contributed by atoms with Gasteiger partial charge in [0.2, 0.25) is 0 Å². The van der Waals surface area contributed by atoms with E-state index in [1.807, 2.05) is 0 Å². The van der Waals surface area contributed by atoms with Crippen LogP contribution in [0.4, 0.5) is 14.5 Å². The first-order valence-electron chi connectivity index (χ1n) is 7.46. The molecular weight excluding hydrogens is 366 g/mol. The number of aromatic nitrogens is 1. The van der Waals surface area contributed by atoms with E-state index in [9.17, 15) is 13.6 Å². The summed E-state index contributed by atoms with van der Waals surface area (Å²) in [6.07, 6.45) is 1.56. The van der Waals surface area contributed by atoms with Crippen LogP contribution < -0.4 is 14.8 Å². The summed E-state index contributed by atoms with van der Waals surface area (Å²) < 4.78 is 34.4. The molecule has 5 nitrogen and oxygen atoms in total. The molecule has 0 radical (unpaired) electrons. The predicted octanol–water partition coefficient (Wildman–Crippen LogP) is 4.75. The number of carbonyl (C=O) groups is 1. The van der Waals surface area contributed by atoms with Crippen molar-refractivity contribution in [2.75, 3.05) is 12.4 Å². The van der Waals surface area contributed by atoms with Crippen molar-refractivity contribution in [3.63, 3.8) is 0 Å². The number of amides is 1. The van der Waals surface area contributed by atoms with E-state index >= 15 is 0 Å². The second kappa shape index (κ2) is 7.53. The predicted molar refractivity (Wildman–Crippen MR) is 94.3 cm³/mol. The van der Waals surface area contributed by atoms with Gasteiger partial charge < -0.3 is 14.8 Å². The van der Waals surface area contributed by atoms with Crippen LogP contribution in [0.2, 0.25) is 5.02 Å². The van der Waals surface area contributed by atoms with E-state index in [4.69, 9.17) is 16.3 Å². The van der Waals surface area contributed by atoms with Gasteiger partial charge in [-0.25, -0.2) is 0 Å². The Morgan fingerprint density at radius 3 is 2.73 bits per heavy atom. The highest BCUT2D eigenvalue weighted by Gasteiger charge is 2.16. The minimum absolute atomic E-state index is 0.123. The first kappa shape index (κ1) is 17.9. The van der Waals surface area contributed by atoms with Crippen molar-refractivity contribution < 1.29 is 23.0 Å². The third kappa shape index (κ3) is 3.83. The number of carbonyl (C=O) groups excluding carboxylic acids is 1. The molecule has 0 spiro atoms. The van der Waals surface area contributed by atoms with Gasteiger partial charge in [-0.2, -0.15) is 8.78 Å². The minimum atomic E-state index is -3.02. The molecule has 134 valence electrons. The molecule has 0 fully saturated rings. The standard InChI is InChI=1S/C18H13ClF2N2O3/c1-25-14-5-4-12(9-15(14)26-18(20)21)23-17(24)13-8-11(19)7-10-3-2-6-22-16(10)13/h2-9,18H,1H3,(H,23,24). The molecule has 1 heterocycles. The molecule has 8 heteroatoms. The zero-order valence-corrected chi connectivity index (χ0v) is 14.3. The number of nitrogens with zero attached hydrogens (tertiary/aromatic N) is 1. The molecule has 0 aliphatic rings. The van der Waals surface area contributed by atoms with E-state index in [2.05, 4.69) is 15.0 Å². The van der Waals surface area contributed by atoms with E-state index < -0.39 is 12.5 Å². The lowest BCUT2D eigenvalue weighted by atomic mass is 10.1. The normalized spacial score (nSPS) is 10.8. The highest BCUT2D eigenvalue weighted by atomic mass is 35.5. The van der Waals surface area contributed by atoms with Gasteiger partial charge in [-0.15, -0.1) is 0 Å². The maximum atomic E-state index is 12.6. The summed E-state index contributed by atoms with van der Waals surface area (Å²) in [4.78, 5) is 16.8. The smallest absolute Gasteiger partial charge is 0.387 e.